The second-order valence-corrected chi connectivity index (χ2v) is 5.11. The van der Waals surface area contributed by atoms with Gasteiger partial charge in [0.15, 0.2) is 0 Å². The molecular weight excluding hydrogens is 262 g/mol. The van der Waals surface area contributed by atoms with E-state index in [2.05, 4.69) is 24.2 Å². The zero-order valence-corrected chi connectivity index (χ0v) is 12.3. The number of ether oxygens (including phenoxy) is 1. The van der Waals surface area contributed by atoms with Crippen LogP contribution in [0.4, 0.5) is 5.69 Å². The molecule has 3 aromatic rings. The average molecular weight is 281 g/mol. The molecule has 0 aliphatic carbocycles. The molecule has 108 valence electrons. The fraction of sp³-hybridized carbons (Fsp3) is 0.235. The van der Waals surface area contributed by atoms with Crippen molar-refractivity contribution < 1.29 is 4.74 Å². The number of aromatic nitrogens is 2. The summed E-state index contributed by atoms with van der Waals surface area (Å²) in [5, 5.41) is 6.66. The number of nitrogens with zero attached hydrogens (tertiary/aromatic N) is 2. The Balaban J connectivity index is 2.06. The summed E-state index contributed by atoms with van der Waals surface area (Å²) < 4.78 is 7.94. The van der Waals surface area contributed by atoms with E-state index in [1.165, 1.54) is 0 Å². The third-order valence-corrected chi connectivity index (χ3v) is 3.52. The molecule has 0 bridgehead atoms. The van der Waals surface area contributed by atoms with Crippen molar-refractivity contribution in [1.29, 1.82) is 0 Å². The second kappa shape index (κ2) is 5.48. The van der Waals surface area contributed by atoms with Crippen LogP contribution in [0.2, 0.25) is 0 Å². The predicted octanol–water partition coefficient (Wildman–Crippen LogP) is 4.13. The van der Waals surface area contributed by atoms with Gasteiger partial charge in [-0.25, -0.2) is 4.68 Å². The molecule has 0 aliphatic heterocycles. The third kappa shape index (κ3) is 2.44. The molecule has 0 radical (unpaired) electrons. The minimum Gasteiger partial charge on any atom is -0.437 e. The molecule has 0 atom stereocenters. The first kappa shape index (κ1) is 13.5. The highest BCUT2D eigenvalue weighted by atomic mass is 16.5. The highest BCUT2D eigenvalue weighted by Crippen LogP contribution is 2.34. The van der Waals surface area contributed by atoms with Gasteiger partial charge in [0.25, 0.3) is 0 Å². The number of aryl methyl sites for hydroxylation is 2. The summed E-state index contributed by atoms with van der Waals surface area (Å²) in [4.78, 5) is 0. The van der Waals surface area contributed by atoms with Gasteiger partial charge in [0.2, 0.25) is 5.88 Å². The summed E-state index contributed by atoms with van der Waals surface area (Å²) >= 11 is 0. The molecule has 0 aliphatic rings. The maximum absolute atomic E-state index is 6.12. The van der Waals surface area contributed by atoms with E-state index in [0.29, 0.717) is 11.6 Å². The van der Waals surface area contributed by atoms with Gasteiger partial charge in [0, 0.05) is 11.9 Å². The van der Waals surface area contributed by atoms with Gasteiger partial charge in [-0.2, -0.15) is 5.10 Å². The van der Waals surface area contributed by atoms with Gasteiger partial charge in [-0.3, -0.25) is 0 Å². The molecular formula is C17H19N3O. The Morgan fingerprint density at radius 1 is 1.14 bits per heavy atom. The van der Waals surface area contributed by atoms with Crippen LogP contribution < -0.4 is 10.5 Å². The van der Waals surface area contributed by atoms with Crippen molar-refractivity contribution in [2.45, 2.75) is 26.8 Å². The van der Waals surface area contributed by atoms with E-state index in [1.807, 2.05) is 41.9 Å². The van der Waals surface area contributed by atoms with Gasteiger partial charge in [-0.15, -0.1) is 0 Å². The van der Waals surface area contributed by atoms with E-state index in [0.717, 1.165) is 35.2 Å². The minimum absolute atomic E-state index is 0.608. The molecule has 0 unspecified atom stereocenters. The third-order valence-electron chi connectivity index (χ3n) is 3.52. The molecule has 2 N–H and O–H groups in total. The van der Waals surface area contributed by atoms with Gasteiger partial charge in [-0.1, -0.05) is 43.3 Å². The molecule has 0 saturated heterocycles. The van der Waals surface area contributed by atoms with E-state index in [-0.39, 0.29) is 0 Å². The number of hydrogen-bond acceptors (Lipinski definition) is 3. The Morgan fingerprint density at radius 3 is 2.71 bits per heavy atom. The quantitative estimate of drug-likeness (QED) is 0.782. The van der Waals surface area contributed by atoms with Crippen LogP contribution in [0.5, 0.6) is 11.6 Å². The Kier molecular flexibility index (Phi) is 3.52. The van der Waals surface area contributed by atoms with Crippen molar-refractivity contribution in [3.8, 4) is 11.6 Å². The van der Waals surface area contributed by atoms with Crippen LogP contribution in [0.3, 0.4) is 0 Å². The van der Waals surface area contributed by atoms with Gasteiger partial charge in [0.1, 0.15) is 11.4 Å². The van der Waals surface area contributed by atoms with Crippen molar-refractivity contribution >= 4 is 16.5 Å². The van der Waals surface area contributed by atoms with Crippen LogP contribution in [0, 0.1) is 6.92 Å². The van der Waals surface area contributed by atoms with E-state index in [1.54, 1.807) is 0 Å². The fourth-order valence-electron chi connectivity index (χ4n) is 2.43. The Labute approximate surface area is 124 Å². The highest BCUT2D eigenvalue weighted by Gasteiger charge is 2.15. The standard InChI is InChI=1S/C17H19N3O/c1-3-11-20-17(16(18)12(2)19-20)21-15-10-6-8-13-7-4-5-9-14(13)15/h4-10H,3,11,18H2,1-2H3. The summed E-state index contributed by atoms with van der Waals surface area (Å²) in [5.41, 5.74) is 7.53. The first-order valence-electron chi connectivity index (χ1n) is 7.19. The van der Waals surface area contributed by atoms with Crippen LogP contribution in [-0.2, 0) is 6.54 Å². The molecule has 0 spiro atoms. The smallest absolute Gasteiger partial charge is 0.241 e. The maximum Gasteiger partial charge on any atom is 0.241 e. The van der Waals surface area contributed by atoms with Crippen LogP contribution in [0.15, 0.2) is 42.5 Å². The normalized spacial score (nSPS) is 11.0. The zero-order valence-electron chi connectivity index (χ0n) is 12.3. The molecule has 2 aromatic carbocycles. The number of nitrogen functional groups attached to an aromatic ring is 1. The van der Waals surface area contributed by atoms with E-state index < -0.39 is 0 Å². The van der Waals surface area contributed by atoms with Crippen molar-refractivity contribution in [3.63, 3.8) is 0 Å². The van der Waals surface area contributed by atoms with Crippen LogP contribution >= 0.6 is 0 Å². The minimum atomic E-state index is 0.608. The monoisotopic (exact) mass is 281 g/mol. The number of rotatable bonds is 4. The number of benzene rings is 2. The first-order chi connectivity index (χ1) is 10.2. The lowest BCUT2D eigenvalue weighted by Gasteiger charge is -2.11. The number of fused-ring (bicyclic) bond motifs is 1. The lowest BCUT2D eigenvalue weighted by molar-refractivity contribution is 0.414. The molecule has 4 nitrogen and oxygen atoms in total. The molecule has 21 heavy (non-hydrogen) atoms. The van der Waals surface area contributed by atoms with E-state index >= 15 is 0 Å². The van der Waals surface area contributed by atoms with Crippen LogP contribution in [0.25, 0.3) is 10.8 Å². The molecule has 0 saturated carbocycles. The SMILES string of the molecule is CCCn1nc(C)c(N)c1Oc1cccc2ccccc12. The fourth-order valence-corrected chi connectivity index (χ4v) is 2.43. The summed E-state index contributed by atoms with van der Waals surface area (Å²) in [6.07, 6.45) is 0.979. The zero-order chi connectivity index (χ0) is 14.8. The Bertz CT molecular complexity index is 772. The summed E-state index contributed by atoms with van der Waals surface area (Å²) in [6.45, 7) is 4.80. The lowest BCUT2D eigenvalue weighted by Crippen LogP contribution is -2.02. The molecule has 3 rings (SSSR count). The summed E-state index contributed by atoms with van der Waals surface area (Å²) in [6, 6.07) is 14.2. The molecule has 4 heteroatoms. The van der Waals surface area contributed by atoms with Gasteiger partial charge < -0.3 is 10.5 Å². The average Bonchev–Trinajstić information content (AvgIpc) is 2.76. The van der Waals surface area contributed by atoms with Crippen molar-refractivity contribution in [2.24, 2.45) is 0 Å². The number of hydrogen-bond donors (Lipinski definition) is 1. The number of nitrogens with two attached hydrogens (primary N) is 1. The van der Waals surface area contributed by atoms with Crippen LogP contribution in [0.1, 0.15) is 19.0 Å². The lowest BCUT2D eigenvalue weighted by atomic mass is 10.1. The van der Waals surface area contributed by atoms with E-state index in [9.17, 15) is 0 Å². The summed E-state index contributed by atoms with van der Waals surface area (Å²) in [7, 11) is 0. The predicted molar refractivity (Wildman–Crippen MR) is 85.7 cm³/mol. The Hall–Kier alpha value is -2.49. The van der Waals surface area contributed by atoms with Crippen LogP contribution in [-0.4, -0.2) is 9.78 Å². The van der Waals surface area contributed by atoms with E-state index in [4.69, 9.17) is 10.5 Å². The first-order valence-corrected chi connectivity index (χ1v) is 7.19. The molecule has 0 amide bonds. The highest BCUT2D eigenvalue weighted by molar-refractivity contribution is 5.88. The van der Waals surface area contributed by atoms with Gasteiger partial charge >= 0.3 is 0 Å². The second-order valence-electron chi connectivity index (χ2n) is 5.11. The molecule has 0 fully saturated rings. The number of anilines is 1. The topological polar surface area (TPSA) is 53.1 Å². The van der Waals surface area contributed by atoms with Crippen molar-refractivity contribution in [3.05, 3.63) is 48.2 Å². The van der Waals surface area contributed by atoms with Crippen molar-refractivity contribution in [2.75, 3.05) is 5.73 Å². The van der Waals surface area contributed by atoms with Gasteiger partial charge in [0.05, 0.1) is 5.69 Å². The van der Waals surface area contributed by atoms with Crippen molar-refractivity contribution in [1.82, 2.24) is 9.78 Å². The molecule has 1 heterocycles. The molecule has 1 aromatic heterocycles. The summed E-state index contributed by atoms with van der Waals surface area (Å²) in [5.74, 6) is 1.43. The largest absolute Gasteiger partial charge is 0.437 e. The maximum atomic E-state index is 6.12. The van der Waals surface area contributed by atoms with Gasteiger partial charge in [-0.05, 0) is 24.8 Å². The Morgan fingerprint density at radius 2 is 1.90 bits per heavy atom.